The Bertz CT molecular complexity index is 1220. The lowest BCUT2D eigenvalue weighted by Gasteiger charge is -2.52. The number of likely N-dealkylation sites (tertiary alicyclic amines) is 1. The first-order valence-corrected chi connectivity index (χ1v) is 14.9. The molecule has 3 aliphatic rings. The predicted octanol–water partition coefficient (Wildman–Crippen LogP) is 4.61. The fraction of sp³-hybridized carbons (Fsp3) is 0.531. The quantitative estimate of drug-likeness (QED) is 0.385. The number of benzene rings is 2. The molecule has 2 aliphatic heterocycles. The summed E-state index contributed by atoms with van der Waals surface area (Å²) in [4.78, 5) is 42.5. The number of piperidine rings is 1. The summed E-state index contributed by atoms with van der Waals surface area (Å²) >= 11 is 0. The third-order valence-corrected chi connectivity index (χ3v) is 9.03. The molecule has 2 amide bonds. The van der Waals surface area contributed by atoms with Gasteiger partial charge in [0.1, 0.15) is 23.1 Å². The maximum absolute atomic E-state index is 13.7. The van der Waals surface area contributed by atoms with E-state index >= 15 is 0 Å². The predicted molar refractivity (Wildman–Crippen MR) is 161 cm³/mol. The number of rotatable bonds is 9. The summed E-state index contributed by atoms with van der Waals surface area (Å²) in [5, 5.41) is 23.1. The number of hydrogen-bond acceptors (Lipinski definition) is 6. The second kappa shape index (κ2) is 13.9. The molecule has 0 bridgehead atoms. The number of aromatic carboxylic acids is 1. The van der Waals surface area contributed by atoms with Crippen molar-refractivity contribution in [1.82, 2.24) is 15.1 Å². The fourth-order valence-corrected chi connectivity index (χ4v) is 6.67. The van der Waals surface area contributed by atoms with Gasteiger partial charge in [-0.2, -0.15) is 0 Å². The van der Waals surface area contributed by atoms with Crippen LogP contribution in [0.2, 0.25) is 0 Å². The van der Waals surface area contributed by atoms with E-state index in [1.807, 2.05) is 31.2 Å². The summed E-state index contributed by atoms with van der Waals surface area (Å²) in [5.74, 6) is 0.0539. The van der Waals surface area contributed by atoms with Gasteiger partial charge in [-0.25, -0.2) is 4.79 Å². The highest BCUT2D eigenvalue weighted by Crippen LogP contribution is 2.36. The summed E-state index contributed by atoms with van der Waals surface area (Å²) in [6, 6.07) is 13.2. The van der Waals surface area contributed by atoms with Crippen LogP contribution >= 0.6 is 12.4 Å². The van der Waals surface area contributed by atoms with Crippen molar-refractivity contribution in [3.63, 3.8) is 0 Å². The number of hydrogen-bond donors (Lipinski definition) is 3. The molecule has 1 saturated carbocycles. The number of nitrogens with zero attached hydrogens (tertiary/aromatic N) is 2. The average Bonchev–Trinajstić information content (AvgIpc) is 2.99. The van der Waals surface area contributed by atoms with Crippen molar-refractivity contribution in [1.29, 1.82) is 0 Å². The monoisotopic (exact) mass is 599 g/mol. The van der Waals surface area contributed by atoms with Gasteiger partial charge in [0.25, 0.3) is 0 Å². The minimum absolute atomic E-state index is 0. The molecule has 0 unspecified atom stereocenters. The van der Waals surface area contributed by atoms with Crippen LogP contribution in [0.5, 0.6) is 11.5 Å². The molecule has 1 aliphatic carbocycles. The van der Waals surface area contributed by atoms with Crippen molar-refractivity contribution in [3.8, 4) is 11.5 Å². The van der Waals surface area contributed by atoms with Gasteiger partial charge in [-0.15, -0.1) is 12.4 Å². The molecule has 5 rings (SSSR count). The zero-order chi connectivity index (χ0) is 29.0. The lowest BCUT2D eigenvalue weighted by Crippen LogP contribution is -2.75. The summed E-state index contributed by atoms with van der Waals surface area (Å²) < 4.78 is 5.85. The summed E-state index contributed by atoms with van der Waals surface area (Å²) in [6.45, 7) is 4.63. The molecule has 1 spiro atoms. The van der Waals surface area contributed by atoms with Gasteiger partial charge in [0.15, 0.2) is 0 Å². The van der Waals surface area contributed by atoms with Crippen molar-refractivity contribution in [2.24, 2.45) is 5.92 Å². The van der Waals surface area contributed by atoms with E-state index in [0.29, 0.717) is 44.0 Å². The van der Waals surface area contributed by atoms with E-state index in [-0.39, 0.29) is 35.7 Å². The maximum atomic E-state index is 13.7. The van der Waals surface area contributed by atoms with Gasteiger partial charge in [-0.1, -0.05) is 38.3 Å². The Morgan fingerprint density at radius 3 is 2.17 bits per heavy atom. The standard InChI is InChI=1S/C32H41N3O6.ClH/c1-2-18-35-29(37)27(28(36)23-6-4-3-5-7-23)33-31(40)32(35)16-19-34(20-17-32)21-22-8-12-25(13-9-22)41-26-14-10-24(11-15-26)30(38)39;/h8-15,23,27-28,36H,2-7,16-21H2,1H3,(H,33,40)(H,38,39);1H/t27-,28-;/m1./s1. The molecule has 42 heavy (non-hydrogen) atoms. The van der Waals surface area contributed by atoms with Crippen LogP contribution in [0, 0.1) is 5.92 Å². The van der Waals surface area contributed by atoms with Crippen LogP contribution in [-0.4, -0.2) is 75.1 Å². The first-order chi connectivity index (χ1) is 19.8. The van der Waals surface area contributed by atoms with Crippen LogP contribution in [0.25, 0.3) is 0 Å². The molecule has 2 aromatic carbocycles. The fourth-order valence-electron chi connectivity index (χ4n) is 6.67. The van der Waals surface area contributed by atoms with Crippen molar-refractivity contribution >= 4 is 30.2 Å². The summed E-state index contributed by atoms with van der Waals surface area (Å²) in [7, 11) is 0. The van der Waals surface area contributed by atoms with Crippen LogP contribution in [0.4, 0.5) is 0 Å². The Kier molecular flexibility index (Phi) is 10.5. The van der Waals surface area contributed by atoms with Crippen molar-refractivity contribution in [2.45, 2.75) is 82.5 Å². The molecule has 0 aromatic heterocycles. The number of piperazine rings is 1. The molecule has 2 saturated heterocycles. The maximum Gasteiger partial charge on any atom is 0.335 e. The molecule has 0 radical (unpaired) electrons. The zero-order valence-corrected chi connectivity index (χ0v) is 25.0. The van der Waals surface area contributed by atoms with Gasteiger partial charge in [0, 0.05) is 26.2 Å². The number of carbonyl (C=O) groups is 3. The van der Waals surface area contributed by atoms with Crippen LogP contribution < -0.4 is 10.1 Å². The average molecular weight is 600 g/mol. The first kappa shape index (κ1) is 31.8. The number of carboxylic acid groups (broad SMARTS) is 1. The molecule has 2 aromatic rings. The molecule has 10 heteroatoms. The van der Waals surface area contributed by atoms with E-state index in [4.69, 9.17) is 9.84 Å². The smallest absolute Gasteiger partial charge is 0.335 e. The summed E-state index contributed by atoms with van der Waals surface area (Å²) in [5.41, 5.74) is 0.459. The normalized spacial score (nSPS) is 21.9. The molecule has 228 valence electrons. The van der Waals surface area contributed by atoms with Crippen molar-refractivity contribution < 1.29 is 29.3 Å². The van der Waals surface area contributed by atoms with Crippen molar-refractivity contribution in [3.05, 3.63) is 59.7 Å². The Morgan fingerprint density at radius 1 is 1.00 bits per heavy atom. The van der Waals surface area contributed by atoms with Gasteiger partial charge < -0.3 is 25.2 Å². The number of carboxylic acids is 1. The lowest BCUT2D eigenvalue weighted by atomic mass is 9.78. The second-order valence-electron chi connectivity index (χ2n) is 11.7. The molecule has 2 heterocycles. The molecule has 3 N–H and O–H groups in total. The van der Waals surface area contributed by atoms with Crippen LogP contribution in [-0.2, 0) is 16.1 Å². The lowest BCUT2D eigenvalue weighted by molar-refractivity contribution is -0.165. The second-order valence-corrected chi connectivity index (χ2v) is 11.7. The largest absolute Gasteiger partial charge is 0.478 e. The molecular weight excluding hydrogens is 558 g/mol. The number of ether oxygens (including phenoxy) is 1. The van der Waals surface area contributed by atoms with E-state index in [1.165, 1.54) is 12.1 Å². The summed E-state index contributed by atoms with van der Waals surface area (Å²) in [6.07, 6.45) is 6.14. The highest BCUT2D eigenvalue weighted by atomic mass is 35.5. The third kappa shape index (κ3) is 6.74. The number of amides is 2. The Hall–Kier alpha value is -3.14. The van der Waals surface area contributed by atoms with E-state index < -0.39 is 23.7 Å². The molecular formula is C32H42ClN3O6. The van der Waals surface area contributed by atoms with E-state index in [1.54, 1.807) is 17.0 Å². The Labute approximate surface area is 253 Å². The minimum atomic E-state index is -0.976. The number of nitrogens with one attached hydrogen (secondary N) is 1. The number of halogens is 1. The first-order valence-electron chi connectivity index (χ1n) is 14.9. The number of carbonyl (C=O) groups excluding carboxylic acids is 2. The SMILES string of the molecule is CCCN1C(=O)[C@@H]([C@H](O)C2CCCCC2)NC(=O)C12CCN(Cc1ccc(Oc3ccc(C(=O)O)cc3)cc1)CC2.Cl. The topological polar surface area (TPSA) is 119 Å². The van der Waals surface area contributed by atoms with Crippen LogP contribution in [0.3, 0.4) is 0 Å². The Balaban J connectivity index is 0.00000405. The van der Waals surface area contributed by atoms with E-state index in [9.17, 15) is 19.5 Å². The highest BCUT2D eigenvalue weighted by molar-refractivity contribution is 6.00. The van der Waals surface area contributed by atoms with Crippen LogP contribution in [0.15, 0.2) is 48.5 Å². The van der Waals surface area contributed by atoms with Crippen LogP contribution in [0.1, 0.15) is 74.2 Å². The van der Waals surface area contributed by atoms with Gasteiger partial charge in [-0.05, 0) is 80.0 Å². The zero-order valence-electron chi connectivity index (χ0n) is 24.2. The Morgan fingerprint density at radius 2 is 1.60 bits per heavy atom. The van der Waals surface area contributed by atoms with Gasteiger partial charge in [0.05, 0.1) is 11.7 Å². The van der Waals surface area contributed by atoms with E-state index in [2.05, 4.69) is 10.2 Å². The van der Waals surface area contributed by atoms with Gasteiger partial charge in [0.2, 0.25) is 11.8 Å². The minimum Gasteiger partial charge on any atom is -0.478 e. The van der Waals surface area contributed by atoms with Crippen molar-refractivity contribution in [2.75, 3.05) is 19.6 Å². The third-order valence-electron chi connectivity index (χ3n) is 9.03. The van der Waals surface area contributed by atoms with Gasteiger partial charge in [-0.3, -0.25) is 14.5 Å². The van der Waals surface area contributed by atoms with Gasteiger partial charge >= 0.3 is 5.97 Å². The van der Waals surface area contributed by atoms with E-state index in [0.717, 1.165) is 50.6 Å². The highest BCUT2D eigenvalue weighted by Gasteiger charge is 2.55. The number of aliphatic hydroxyl groups excluding tert-OH is 1. The number of aliphatic hydroxyl groups is 1. The molecule has 3 fully saturated rings. The molecule has 9 nitrogen and oxygen atoms in total. The molecule has 2 atom stereocenters.